The number of unbranched alkanes of at least 4 members (excludes halogenated alkanes) is 2. The maximum atomic E-state index is 5.99. The third-order valence-corrected chi connectivity index (χ3v) is 7.76. The Morgan fingerprint density at radius 1 is 0.767 bits per heavy atom. The van der Waals surface area contributed by atoms with Gasteiger partial charge >= 0.3 is 0 Å². The van der Waals surface area contributed by atoms with E-state index in [1.807, 2.05) is 0 Å². The molecule has 1 aromatic carbocycles. The van der Waals surface area contributed by atoms with Gasteiger partial charge in [-0.25, -0.2) is 0 Å². The molecule has 3 rings (SSSR count). The second-order valence-corrected chi connectivity index (χ2v) is 10.1. The fraction of sp³-hybridized carbons (Fsp3) is 0.724. The maximum Gasteiger partial charge on any atom is 0.119 e. The standard InChI is InChI=1S/C29H46O/c1-3-5-6-9-25-11-13-26(14-12-25)10-7-23-30-29-21-19-28(20-22-29)27-17-15-24(8-4-2)16-18-27/h7,10,19-22,24-27H,3-6,8-9,11-18,23H2,1-2H3/b10-7+/t24-,25-,26-,27-. The molecule has 2 saturated carbocycles. The molecule has 0 heterocycles. The molecule has 1 nitrogen and oxygen atoms in total. The Labute approximate surface area is 186 Å². The highest BCUT2D eigenvalue weighted by Gasteiger charge is 2.22. The minimum atomic E-state index is 0.706. The van der Waals surface area contributed by atoms with Gasteiger partial charge in [-0.15, -0.1) is 0 Å². The van der Waals surface area contributed by atoms with Gasteiger partial charge in [0.15, 0.2) is 0 Å². The van der Waals surface area contributed by atoms with Crippen molar-refractivity contribution in [3.8, 4) is 5.75 Å². The molecule has 0 amide bonds. The lowest BCUT2D eigenvalue weighted by atomic mass is 9.77. The Morgan fingerprint density at radius 2 is 1.43 bits per heavy atom. The van der Waals surface area contributed by atoms with Crippen LogP contribution in [0.2, 0.25) is 0 Å². The van der Waals surface area contributed by atoms with Crippen LogP contribution in [0.25, 0.3) is 0 Å². The Morgan fingerprint density at radius 3 is 2.10 bits per heavy atom. The molecule has 0 radical (unpaired) electrons. The highest BCUT2D eigenvalue weighted by Crippen LogP contribution is 2.38. The van der Waals surface area contributed by atoms with E-state index in [2.05, 4.69) is 50.3 Å². The summed E-state index contributed by atoms with van der Waals surface area (Å²) in [6.45, 7) is 5.33. The topological polar surface area (TPSA) is 9.23 Å². The maximum absolute atomic E-state index is 5.99. The Hall–Kier alpha value is -1.24. The van der Waals surface area contributed by atoms with Crippen LogP contribution in [0, 0.1) is 17.8 Å². The van der Waals surface area contributed by atoms with Crippen molar-refractivity contribution in [1.29, 1.82) is 0 Å². The molecule has 2 aliphatic rings. The summed E-state index contributed by atoms with van der Waals surface area (Å²) >= 11 is 0. The average molecular weight is 411 g/mol. The van der Waals surface area contributed by atoms with E-state index in [9.17, 15) is 0 Å². The average Bonchev–Trinajstić information content (AvgIpc) is 2.79. The normalized spacial score (nSPS) is 27.4. The van der Waals surface area contributed by atoms with Crippen molar-refractivity contribution in [3.05, 3.63) is 42.0 Å². The number of ether oxygens (including phenoxy) is 1. The van der Waals surface area contributed by atoms with E-state index in [4.69, 9.17) is 4.74 Å². The van der Waals surface area contributed by atoms with Crippen molar-refractivity contribution >= 4 is 0 Å². The Kier molecular flexibility index (Phi) is 10.3. The smallest absolute Gasteiger partial charge is 0.119 e. The zero-order chi connectivity index (χ0) is 21.0. The molecular weight excluding hydrogens is 364 g/mol. The first-order valence-corrected chi connectivity index (χ1v) is 13.2. The van der Waals surface area contributed by atoms with E-state index in [1.54, 1.807) is 0 Å². The highest BCUT2D eigenvalue weighted by atomic mass is 16.5. The number of benzene rings is 1. The van der Waals surface area contributed by atoms with Crippen molar-refractivity contribution in [2.45, 2.75) is 110 Å². The lowest BCUT2D eigenvalue weighted by Gasteiger charge is -2.28. The number of hydrogen-bond donors (Lipinski definition) is 0. The molecule has 2 fully saturated rings. The van der Waals surface area contributed by atoms with Crippen LogP contribution < -0.4 is 4.74 Å². The van der Waals surface area contributed by atoms with Crippen LogP contribution in [-0.4, -0.2) is 6.61 Å². The van der Waals surface area contributed by atoms with E-state index in [-0.39, 0.29) is 0 Å². The van der Waals surface area contributed by atoms with Crippen molar-refractivity contribution in [2.24, 2.45) is 17.8 Å². The summed E-state index contributed by atoms with van der Waals surface area (Å²) in [5, 5.41) is 0. The summed E-state index contributed by atoms with van der Waals surface area (Å²) in [6.07, 6.45) is 24.3. The van der Waals surface area contributed by atoms with E-state index in [0.717, 1.165) is 29.4 Å². The van der Waals surface area contributed by atoms with Crippen LogP contribution in [0.4, 0.5) is 0 Å². The summed E-state index contributed by atoms with van der Waals surface area (Å²) in [7, 11) is 0. The van der Waals surface area contributed by atoms with Crippen LogP contribution >= 0.6 is 0 Å². The molecule has 1 heteroatoms. The minimum Gasteiger partial charge on any atom is -0.490 e. The van der Waals surface area contributed by atoms with E-state index in [1.165, 1.54) is 95.5 Å². The monoisotopic (exact) mass is 410 g/mol. The van der Waals surface area contributed by atoms with Gasteiger partial charge in [-0.2, -0.15) is 0 Å². The quantitative estimate of drug-likeness (QED) is 0.261. The van der Waals surface area contributed by atoms with E-state index >= 15 is 0 Å². The van der Waals surface area contributed by atoms with Crippen LogP contribution in [0.1, 0.15) is 115 Å². The zero-order valence-electron chi connectivity index (χ0n) is 19.8. The molecular formula is C29H46O. The van der Waals surface area contributed by atoms with Crippen LogP contribution in [-0.2, 0) is 0 Å². The van der Waals surface area contributed by atoms with Crippen molar-refractivity contribution < 1.29 is 4.74 Å². The van der Waals surface area contributed by atoms with Crippen molar-refractivity contribution in [3.63, 3.8) is 0 Å². The first-order valence-electron chi connectivity index (χ1n) is 13.2. The van der Waals surface area contributed by atoms with Crippen molar-refractivity contribution in [2.75, 3.05) is 6.61 Å². The predicted octanol–water partition coefficient (Wildman–Crippen LogP) is 9.08. The molecule has 0 N–H and O–H groups in total. The van der Waals surface area contributed by atoms with Gasteiger partial charge in [-0.1, -0.05) is 76.7 Å². The molecule has 1 aromatic rings. The predicted molar refractivity (Wildman–Crippen MR) is 130 cm³/mol. The molecule has 2 aliphatic carbocycles. The second kappa shape index (κ2) is 13.2. The molecule has 168 valence electrons. The summed E-state index contributed by atoms with van der Waals surface area (Å²) in [5.41, 5.74) is 1.52. The lowest BCUT2D eigenvalue weighted by Crippen LogP contribution is -2.13. The highest BCUT2D eigenvalue weighted by molar-refractivity contribution is 5.29. The first kappa shape index (κ1) is 23.4. The van der Waals surface area contributed by atoms with E-state index < -0.39 is 0 Å². The summed E-state index contributed by atoms with van der Waals surface area (Å²) in [6, 6.07) is 8.99. The van der Waals surface area contributed by atoms with Gasteiger partial charge < -0.3 is 4.74 Å². The molecule has 0 unspecified atom stereocenters. The van der Waals surface area contributed by atoms with Crippen LogP contribution in [0.3, 0.4) is 0 Å². The van der Waals surface area contributed by atoms with Gasteiger partial charge in [0.1, 0.15) is 12.4 Å². The summed E-state index contributed by atoms with van der Waals surface area (Å²) < 4.78 is 5.99. The third-order valence-electron chi connectivity index (χ3n) is 7.76. The lowest BCUT2D eigenvalue weighted by molar-refractivity contribution is 0.288. The van der Waals surface area contributed by atoms with Gasteiger partial charge in [0.2, 0.25) is 0 Å². The fourth-order valence-electron chi connectivity index (χ4n) is 5.77. The molecule has 0 spiro atoms. The number of allylic oxidation sites excluding steroid dienone is 1. The van der Waals surface area contributed by atoms with Gasteiger partial charge in [0, 0.05) is 0 Å². The Bertz CT molecular complexity index is 585. The summed E-state index contributed by atoms with van der Waals surface area (Å²) in [4.78, 5) is 0. The van der Waals surface area contributed by atoms with Gasteiger partial charge in [-0.05, 0) is 92.7 Å². The van der Waals surface area contributed by atoms with Gasteiger partial charge in [-0.3, -0.25) is 0 Å². The van der Waals surface area contributed by atoms with Gasteiger partial charge in [0.25, 0.3) is 0 Å². The third kappa shape index (κ3) is 7.78. The Balaban J connectivity index is 1.32. The second-order valence-electron chi connectivity index (χ2n) is 10.1. The molecule has 0 atom stereocenters. The molecule has 0 aliphatic heterocycles. The number of hydrogen-bond acceptors (Lipinski definition) is 1. The largest absolute Gasteiger partial charge is 0.490 e. The minimum absolute atomic E-state index is 0.706. The van der Waals surface area contributed by atoms with Gasteiger partial charge in [0.05, 0.1) is 0 Å². The van der Waals surface area contributed by atoms with Crippen LogP contribution in [0.15, 0.2) is 36.4 Å². The summed E-state index contributed by atoms with van der Waals surface area (Å²) in [5.74, 6) is 4.54. The van der Waals surface area contributed by atoms with Crippen molar-refractivity contribution in [1.82, 2.24) is 0 Å². The molecule has 0 bridgehead atoms. The molecule has 30 heavy (non-hydrogen) atoms. The number of rotatable bonds is 11. The first-order chi connectivity index (χ1) is 14.8. The SMILES string of the molecule is CCCCC[C@H]1CC[C@H](/C=C/COc2ccc([C@H]3CC[C@H](CCC)CC3)cc2)CC1. The fourth-order valence-corrected chi connectivity index (χ4v) is 5.77. The van der Waals surface area contributed by atoms with Crippen LogP contribution in [0.5, 0.6) is 5.75 Å². The zero-order valence-corrected chi connectivity index (χ0v) is 19.8. The van der Waals surface area contributed by atoms with E-state index in [0.29, 0.717) is 6.61 Å². The molecule has 0 saturated heterocycles. The molecule has 0 aromatic heterocycles.